The molecule has 3 aromatic rings. The molecule has 0 spiro atoms. The highest BCUT2D eigenvalue weighted by atomic mass is 35.5. The van der Waals surface area contributed by atoms with Gasteiger partial charge in [0.1, 0.15) is 12.4 Å². The molecule has 0 amide bonds. The first kappa shape index (κ1) is 18.3. The number of fused-ring (bicyclic) bond motifs is 1. The zero-order chi connectivity index (χ0) is 18.5. The molecule has 1 heterocycles. The summed E-state index contributed by atoms with van der Waals surface area (Å²) in [6.07, 6.45) is 0. The predicted molar refractivity (Wildman–Crippen MR) is 98.0 cm³/mol. The van der Waals surface area contributed by atoms with Gasteiger partial charge in [-0.15, -0.1) is 0 Å². The van der Waals surface area contributed by atoms with E-state index in [1.165, 1.54) is 7.11 Å². The molecule has 0 aliphatic carbocycles. The van der Waals surface area contributed by atoms with E-state index < -0.39 is 0 Å². The zero-order valence-electron chi connectivity index (χ0n) is 14.0. The average molecular weight is 377 g/mol. The van der Waals surface area contributed by atoms with Crippen molar-refractivity contribution >= 4 is 22.6 Å². The molecule has 1 N–H and O–H groups in total. The van der Waals surface area contributed by atoms with Crippen molar-refractivity contribution in [1.82, 2.24) is 0 Å². The molecular formula is C19H17ClO6. The van der Waals surface area contributed by atoms with Crippen molar-refractivity contribution in [3.8, 4) is 22.8 Å². The maximum absolute atomic E-state index is 12.8. The van der Waals surface area contributed by atoms with Crippen LogP contribution in [0.25, 0.3) is 22.3 Å². The Bertz CT molecular complexity index is 949. The minimum atomic E-state index is -0.332. The van der Waals surface area contributed by atoms with Crippen LogP contribution in [0.5, 0.6) is 11.5 Å². The SMILES string of the molecule is COCOc1c(-c2ccc(OCCO)cc2)oc2c(Cl)cccc2c1=O. The quantitative estimate of drug-likeness (QED) is 0.636. The van der Waals surface area contributed by atoms with Gasteiger partial charge in [0.15, 0.2) is 18.1 Å². The zero-order valence-corrected chi connectivity index (χ0v) is 14.8. The summed E-state index contributed by atoms with van der Waals surface area (Å²) in [4.78, 5) is 12.8. The molecule has 6 nitrogen and oxygen atoms in total. The Balaban J connectivity index is 2.13. The molecule has 0 aliphatic heterocycles. The molecule has 3 rings (SSSR count). The first-order valence-corrected chi connectivity index (χ1v) is 8.24. The topological polar surface area (TPSA) is 78.1 Å². The Hall–Kier alpha value is -2.54. The van der Waals surface area contributed by atoms with Gasteiger partial charge in [-0.3, -0.25) is 4.79 Å². The monoisotopic (exact) mass is 376 g/mol. The third-order valence-corrected chi connectivity index (χ3v) is 3.92. The van der Waals surface area contributed by atoms with Crippen LogP contribution in [0, 0.1) is 0 Å². The van der Waals surface area contributed by atoms with Gasteiger partial charge in [0, 0.05) is 12.7 Å². The number of ether oxygens (including phenoxy) is 3. The van der Waals surface area contributed by atoms with E-state index in [-0.39, 0.29) is 36.9 Å². The fourth-order valence-electron chi connectivity index (χ4n) is 2.47. The minimum absolute atomic E-state index is 0.0469. The van der Waals surface area contributed by atoms with Crippen LogP contribution < -0.4 is 14.9 Å². The van der Waals surface area contributed by atoms with Crippen LogP contribution in [0.2, 0.25) is 5.02 Å². The Kier molecular flexibility index (Phi) is 5.78. The van der Waals surface area contributed by atoms with Gasteiger partial charge < -0.3 is 23.7 Å². The molecule has 0 fully saturated rings. The molecule has 0 aliphatic rings. The third kappa shape index (κ3) is 3.67. The summed E-state index contributed by atoms with van der Waals surface area (Å²) in [5.74, 6) is 0.885. The van der Waals surface area contributed by atoms with Crippen LogP contribution >= 0.6 is 11.6 Å². The lowest BCUT2D eigenvalue weighted by atomic mass is 10.1. The second-order valence-electron chi connectivity index (χ2n) is 5.35. The lowest BCUT2D eigenvalue weighted by Gasteiger charge is -2.12. The summed E-state index contributed by atoms with van der Waals surface area (Å²) in [5.41, 5.74) is 0.576. The number of benzene rings is 2. The fourth-order valence-corrected chi connectivity index (χ4v) is 2.68. The standard InChI is InChI=1S/C19H17ClO6/c1-23-11-25-19-16(22)14-3-2-4-15(20)18(14)26-17(19)12-5-7-13(8-6-12)24-10-9-21/h2-8,21H,9-11H2,1H3. The van der Waals surface area contributed by atoms with Gasteiger partial charge in [0.05, 0.1) is 17.0 Å². The Labute approximate surface area is 154 Å². The van der Waals surface area contributed by atoms with Gasteiger partial charge in [-0.05, 0) is 36.4 Å². The molecule has 2 aromatic carbocycles. The van der Waals surface area contributed by atoms with Gasteiger partial charge >= 0.3 is 0 Å². The molecule has 0 saturated heterocycles. The highest BCUT2D eigenvalue weighted by Gasteiger charge is 2.19. The second kappa shape index (κ2) is 8.23. The van der Waals surface area contributed by atoms with Gasteiger partial charge in [0.2, 0.25) is 11.2 Å². The first-order valence-electron chi connectivity index (χ1n) is 7.87. The number of rotatable bonds is 7. The number of halogens is 1. The highest BCUT2D eigenvalue weighted by molar-refractivity contribution is 6.34. The second-order valence-corrected chi connectivity index (χ2v) is 5.76. The van der Waals surface area contributed by atoms with Crippen molar-refractivity contribution in [2.45, 2.75) is 0 Å². The van der Waals surface area contributed by atoms with E-state index >= 15 is 0 Å². The van der Waals surface area contributed by atoms with Crippen LogP contribution in [0.15, 0.2) is 51.7 Å². The number of methoxy groups -OCH3 is 1. The largest absolute Gasteiger partial charge is 0.491 e. The van der Waals surface area contributed by atoms with E-state index in [1.54, 1.807) is 42.5 Å². The van der Waals surface area contributed by atoms with Crippen molar-refractivity contribution < 1.29 is 23.7 Å². The summed E-state index contributed by atoms with van der Waals surface area (Å²) in [7, 11) is 1.46. The van der Waals surface area contributed by atoms with Gasteiger partial charge in [0.25, 0.3) is 0 Å². The molecule has 0 atom stereocenters. The fraction of sp³-hybridized carbons (Fsp3) is 0.211. The maximum atomic E-state index is 12.8. The highest BCUT2D eigenvalue weighted by Crippen LogP contribution is 2.34. The Morgan fingerprint density at radius 2 is 1.88 bits per heavy atom. The van der Waals surface area contributed by atoms with Gasteiger partial charge in [-0.1, -0.05) is 17.7 Å². The first-order chi connectivity index (χ1) is 12.7. The summed E-state index contributed by atoms with van der Waals surface area (Å²) < 4.78 is 21.7. The van der Waals surface area contributed by atoms with Gasteiger partial charge in [-0.25, -0.2) is 0 Å². The number of para-hydroxylation sites is 1. The predicted octanol–water partition coefficient (Wildman–Crippen LogP) is 3.47. The van der Waals surface area contributed by atoms with Crippen LogP contribution in [0.3, 0.4) is 0 Å². The van der Waals surface area contributed by atoms with Crippen molar-refractivity contribution in [1.29, 1.82) is 0 Å². The van der Waals surface area contributed by atoms with Crippen molar-refractivity contribution in [2.24, 2.45) is 0 Å². The number of aliphatic hydroxyl groups is 1. The molecule has 136 valence electrons. The van der Waals surface area contributed by atoms with Crippen LogP contribution in [-0.4, -0.2) is 32.2 Å². The van der Waals surface area contributed by atoms with Crippen LogP contribution in [0.1, 0.15) is 0 Å². The normalized spacial score (nSPS) is 10.9. The van der Waals surface area contributed by atoms with E-state index in [0.717, 1.165) is 0 Å². The van der Waals surface area contributed by atoms with E-state index in [0.29, 0.717) is 27.3 Å². The third-order valence-electron chi connectivity index (χ3n) is 3.63. The van der Waals surface area contributed by atoms with Crippen molar-refractivity contribution in [3.05, 3.63) is 57.7 Å². The van der Waals surface area contributed by atoms with E-state index in [4.69, 9.17) is 35.3 Å². The molecular weight excluding hydrogens is 360 g/mol. The summed E-state index contributed by atoms with van der Waals surface area (Å²) >= 11 is 6.19. The Morgan fingerprint density at radius 1 is 1.12 bits per heavy atom. The number of hydrogen-bond donors (Lipinski definition) is 1. The molecule has 0 unspecified atom stereocenters. The van der Waals surface area contributed by atoms with E-state index in [1.807, 2.05) is 0 Å². The van der Waals surface area contributed by atoms with Gasteiger partial charge in [-0.2, -0.15) is 0 Å². The molecule has 0 saturated carbocycles. The lowest BCUT2D eigenvalue weighted by molar-refractivity contribution is 0.0498. The van der Waals surface area contributed by atoms with Crippen LogP contribution in [-0.2, 0) is 4.74 Å². The van der Waals surface area contributed by atoms with Crippen LogP contribution in [0.4, 0.5) is 0 Å². The molecule has 0 bridgehead atoms. The van der Waals surface area contributed by atoms with Crippen molar-refractivity contribution in [2.75, 3.05) is 27.1 Å². The summed E-state index contributed by atoms with van der Waals surface area (Å²) in [5, 5.41) is 9.48. The van der Waals surface area contributed by atoms with E-state index in [2.05, 4.69) is 0 Å². The number of hydrogen-bond acceptors (Lipinski definition) is 6. The average Bonchev–Trinajstić information content (AvgIpc) is 2.66. The summed E-state index contributed by atoms with van der Waals surface area (Å²) in [6.45, 7) is 0.0263. The minimum Gasteiger partial charge on any atom is -0.491 e. The lowest BCUT2D eigenvalue weighted by Crippen LogP contribution is -2.12. The van der Waals surface area contributed by atoms with E-state index in [9.17, 15) is 4.79 Å². The molecule has 1 aromatic heterocycles. The number of aliphatic hydroxyl groups excluding tert-OH is 1. The Morgan fingerprint density at radius 3 is 2.58 bits per heavy atom. The molecule has 7 heteroatoms. The maximum Gasteiger partial charge on any atom is 0.235 e. The smallest absolute Gasteiger partial charge is 0.235 e. The summed E-state index contributed by atoms with van der Waals surface area (Å²) in [6, 6.07) is 11.8. The molecule has 0 radical (unpaired) electrons. The molecule has 26 heavy (non-hydrogen) atoms. The van der Waals surface area contributed by atoms with Crippen molar-refractivity contribution in [3.63, 3.8) is 0 Å².